The van der Waals surface area contributed by atoms with Crippen molar-refractivity contribution in [2.45, 2.75) is 38.4 Å². The molecule has 12 nitrogen and oxygen atoms in total. The molecule has 3 aromatic rings. The second-order valence-electron chi connectivity index (χ2n) is 13.4. The van der Waals surface area contributed by atoms with Crippen molar-refractivity contribution in [2.75, 3.05) is 58.1 Å². The first kappa shape index (κ1) is 38.1. The summed E-state index contributed by atoms with van der Waals surface area (Å²) >= 11 is 6.26. The fourth-order valence-electron chi connectivity index (χ4n) is 6.09. The summed E-state index contributed by atoms with van der Waals surface area (Å²) in [4.78, 5) is 34.0. The first-order valence-electron chi connectivity index (χ1n) is 16.1. The summed E-state index contributed by atoms with van der Waals surface area (Å²) in [5.41, 5.74) is -0.563. The number of benzene rings is 2. The van der Waals surface area contributed by atoms with Gasteiger partial charge in [0, 0.05) is 66.5 Å². The number of nitrogens with one attached hydrogen (secondary N) is 1. The molecule has 1 aromatic heterocycles. The van der Waals surface area contributed by atoms with Gasteiger partial charge in [0.1, 0.15) is 17.9 Å². The Hall–Kier alpha value is -4.15. The van der Waals surface area contributed by atoms with Gasteiger partial charge < -0.3 is 19.9 Å². The number of ether oxygens (including phenoxy) is 2. The van der Waals surface area contributed by atoms with Crippen LogP contribution in [0.25, 0.3) is 11.1 Å². The molecule has 0 radical (unpaired) electrons. The predicted octanol–water partition coefficient (Wildman–Crippen LogP) is 4.85. The van der Waals surface area contributed by atoms with E-state index in [1.54, 1.807) is 20.8 Å². The van der Waals surface area contributed by atoms with Gasteiger partial charge in [-0.3, -0.25) is 19.5 Å². The number of likely N-dealkylation sites (N-methyl/N-ethyl adjacent to an activating group) is 1. The number of morpholine rings is 1. The quantitative estimate of drug-likeness (QED) is 0.277. The van der Waals surface area contributed by atoms with E-state index in [1.165, 1.54) is 60.7 Å². The summed E-state index contributed by atoms with van der Waals surface area (Å²) in [5.74, 6) is -5.11. The van der Waals surface area contributed by atoms with Crippen LogP contribution in [0.3, 0.4) is 0 Å². The van der Waals surface area contributed by atoms with Crippen LogP contribution in [-0.4, -0.2) is 104 Å². The Kier molecular flexibility index (Phi) is 11.4. The second kappa shape index (κ2) is 15.2. The molecule has 2 aliphatic rings. The normalized spacial score (nSPS) is 17.9. The zero-order valence-electron chi connectivity index (χ0n) is 28.9. The van der Waals surface area contributed by atoms with Gasteiger partial charge in [-0.2, -0.15) is 4.39 Å². The Morgan fingerprint density at radius 3 is 2.45 bits per heavy atom. The number of hydrogen-bond donors (Lipinski definition) is 2. The van der Waals surface area contributed by atoms with Gasteiger partial charge in [-0.1, -0.05) is 38.4 Å². The summed E-state index contributed by atoms with van der Waals surface area (Å²) in [7, 11) is -2.06. The summed E-state index contributed by atoms with van der Waals surface area (Å²) in [6.45, 7) is 8.19. The Morgan fingerprint density at radius 2 is 1.82 bits per heavy atom. The topological polar surface area (TPSA) is 142 Å². The largest absolute Gasteiger partial charge is 0.509 e. The SMILES string of the molecule is CN1[C@@H](C(C)(C)C)C(O)=C(C(=O)Nc2ccc(Cl)cc2-c2ccc(S(C)(=O)=O)nc2)C(=O)N1Cc1ccc(OCCN2CCOCC2)c(F)c1F. The number of aliphatic hydroxyl groups is 1. The summed E-state index contributed by atoms with van der Waals surface area (Å²) in [5, 5.41) is 16.8. The molecule has 0 unspecified atom stereocenters. The number of amides is 2. The molecule has 2 aromatic carbocycles. The van der Waals surface area contributed by atoms with E-state index < -0.39 is 62.6 Å². The van der Waals surface area contributed by atoms with E-state index >= 15 is 8.78 Å². The number of pyridine rings is 1. The van der Waals surface area contributed by atoms with Gasteiger partial charge >= 0.3 is 0 Å². The van der Waals surface area contributed by atoms with Crippen LogP contribution >= 0.6 is 11.6 Å². The average Bonchev–Trinajstić information content (AvgIpc) is 3.06. The minimum absolute atomic E-state index is 0.136. The Labute approximate surface area is 300 Å². The lowest BCUT2D eigenvalue weighted by atomic mass is 9.82. The fraction of sp³-hybridized carbons (Fsp3) is 0.400. The van der Waals surface area contributed by atoms with Crippen molar-refractivity contribution in [1.29, 1.82) is 0 Å². The third kappa shape index (κ3) is 8.50. The lowest BCUT2D eigenvalue weighted by Gasteiger charge is -2.46. The van der Waals surface area contributed by atoms with Gasteiger partial charge in [-0.15, -0.1) is 0 Å². The smallest absolute Gasteiger partial charge is 0.277 e. The minimum Gasteiger partial charge on any atom is -0.509 e. The second-order valence-corrected chi connectivity index (χ2v) is 15.8. The Bertz CT molecular complexity index is 1950. The van der Waals surface area contributed by atoms with Crippen LogP contribution in [0, 0.1) is 17.0 Å². The molecule has 1 atom stereocenters. The van der Waals surface area contributed by atoms with E-state index in [9.17, 15) is 23.1 Å². The molecule has 3 heterocycles. The number of anilines is 1. The van der Waals surface area contributed by atoms with E-state index in [-0.39, 0.29) is 28.6 Å². The number of carbonyl (C=O) groups excluding carboxylic acids is 2. The number of halogens is 3. The molecular formula is C35H40ClF2N5O7S. The van der Waals surface area contributed by atoms with Crippen molar-refractivity contribution in [3.8, 4) is 16.9 Å². The van der Waals surface area contributed by atoms with E-state index in [1.807, 2.05) is 0 Å². The van der Waals surface area contributed by atoms with Crippen molar-refractivity contribution in [2.24, 2.45) is 5.41 Å². The number of carbonyl (C=O) groups is 2. The maximum atomic E-state index is 15.5. The zero-order chi connectivity index (χ0) is 37.2. The molecule has 0 spiro atoms. The van der Waals surface area contributed by atoms with Crippen LogP contribution in [-0.2, 0) is 30.7 Å². The van der Waals surface area contributed by atoms with Crippen molar-refractivity contribution in [3.63, 3.8) is 0 Å². The monoisotopic (exact) mass is 747 g/mol. The number of aromatic nitrogens is 1. The molecule has 51 heavy (non-hydrogen) atoms. The fourth-order valence-corrected chi connectivity index (χ4v) is 6.82. The zero-order valence-corrected chi connectivity index (χ0v) is 30.4. The molecule has 0 aliphatic carbocycles. The molecule has 1 saturated heterocycles. The molecule has 5 rings (SSSR count). The number of nitrogens with zero attached hydrogens (tertiary/aromatic N) is 4. The lowest BCUT2D eigenvalue weighted by molar-refractivity contribution is -0.158. The predicted molar refractivity (Wildman–Crippen MR) is 187 cm³/mol. The third-order valence-corrected chi connectivity index (χ3v) is 9.87. The molecule has 2 N–H and O–H groups in total. The van der Waals surface area contributed by atoms with E-state index in [0.29, 0.717) is 35.9 Å². The summed E-state index contributed by atoms with van der Waals surface area (Å²) in [6, 6.07) is 9.00. The highest BCUT2D eigenvalue weighted by molar-refractivity contribution is 7.90. The van der Waals surface area contributed by atoms with Gasteiger partial charge in [0.2, 0.25) is 5.82 Å². The summed E-state index contributed by atoms with van der Waals surface area (Å²) < 4.78 is 65.4. The Morgan fingerprint density at radius 1 is 1.12 bits per heavy atom. The lowest BCUT2D eigenvalue weighted by Crippen LogP contribution is -2.59. The first-order valence-corrected chi connectivity index (χ1v) is 18.4. The standard InChI is InChI=1S/C35H40ClF2N5O7S/c1-35(2,3)32-31(44)28(33(45)40-25-9-8-23(36)18-24(25)21-7-11-27(39-19-21)51(5,47)48)34(46)43(41(32)4)20-22-6-10-26(30(38)29(22)37)50-17-14-42-12-15-49-16-13-42/h6-11,18-19,32,44H,12-17,20H2,1-5H3,(H,40,45)/t32-/m1/s1. The molecular weight excluding hydrogens is 708 g/mol. The molecule has 2 aliphatic heterocycles. The minimum atomic E-state index is -3.57. The van der Waals surface area contributed by atoms with Crippen molar-refractivity contribution in [3.05, 3.63) is 82.2 Å². The van der Waals surface area contributed by atoms with Gasteiger partial charge in [0.15, 0.2) is 26.4 Å². The van der Waals surface area contributed by atoms with Crippen molar-refractivity contribution >= 4 is 38.9 Å². The first-order chi connectivity index (χ1) is 24.0. The molecule has 274 valence electrons. The van der Waals surface area contributed by atoms with Crippen molar-refractivity contribution in [1.82, 2.24) is 19.9 Å². The average molecular weight is 748 g/mol. The number of sulfone groups is 1. The highest BCUT2D eigenvalue weighted by atomic mass is 35.5. The van der Waals surface area contributed by atoms with Crippen LogP contribution in [0.4, 0.5) is 14.5 Å². The maximum absolute atomic E-state index is 15.5. The van der Waals surface area contributed by atoms with Crippen LogP contribution < -0.4 is 10.1 Å². The summed E-state index contributed by atoms with van der Waals surface area (Å²) in [6.07, 6.45) is 2.33. The van der Waals surface area contributed by atoms with Crippen molar-refractivity contribution < 1.29 is 41.4 Å². The highest BCUT2D eigenvalue weighted by Crippen LogP contribution is 2.37. The van der Waals surface area contributed by atoms with E-state index in [0.717, 1.165) is 24.4 Å². The number of rotatable bonds is 10. The molecule has 1 fully saturated rings. The van der Waals surface area contributed by atoms with Gasteiger partial charge in [-0.05, 0) is 41.8 Å². The van der Waals surface area contributed by atoms with Gasteiger partial charge in [0.25, 0.3) is 11.8 Å². The molecule has 0 bridgehead atoms. The molecule has 16 heteroatoms. The van der Waals surface area contributed by atoms with Gasteiger partial charge in [-0.25, -0.2) is 22.8 Å². The van der Waals surface area contributed by atoms with Gasteiger partial charge in [0.05, 0.1) is 25.8 Å². The Balaban J connectivity index is 1.41. The van der Waals surface area contributed by atoms with Crippen LogP contribution in [0.5, 0.6) is 5.75 Å². The highest BCUT2D eigenvalue weighted by Gasteiger charge is 2.46. The van der Waals surface area contributed by atoms with Crippen LogP contribution in [0.15, 0.2) is 65.0 Å². The molecule has 2 amide bonds. The number of aliphatic hydroxyl groups excluding tert-OH is 1. The third-order valence-electron chi connectivity index (χ3n) is 8.64. The van der Waals surface area contributed by atoms with Crippen LogP contribution in [0.2, 0.25) is 5.02 Å². The molecule has 0 saturated carbocycles. The number of hydrogen-bond acceptors (Lipinski definition) is 10. The van der Waals surface area contributed by atoms with E-state index in [4.69, 9.17) is 21.1 Å². The maximum Gasteiger partial charge on any atom is 0.277 e. The number of hydrazine groups is 1. The van der Waals surface area contributed by atoms with E-state index in [2.05, 4.69) is 15.2 Å². The van der Waals surface area contributed by atoms with Crippen LogP contribution in [0.1, 0.15) is 26.3 Å².